The van der Waals surface area contributed by atoms with E-state index in [0.29, 0.717) is 11.5 Å². The monoisotopic (exact) mass is 332 g/mol. The number of methoxy groups -OCH3 is 2. The molecule has 0 radical (unpaired) electrons. The number of carbonyl (C=O) groups is 1. The van der Waals surface area contributed by atoms with E-state index in [2.05, 4.69) is 5.10 Å². The molecule has 1 amide bonds. The Hall–Kier alpha value is -2.08. The maximum atomic E-state index is 12.6. The van der Waals surface area contributed by atoms with Gasteiger partial charge >= 0.3 is 0 Å². The first-order chi connectivity index (χ1) is 11.7. The van der Waals surface area contributed by atoms with Crippen LogP contribution in [0.5, 0.6) is 11.5 Å². The van der Waals surface area contributed by atoms with Crippen molar-refractivity contribution < 1.29 is 19.4 Å². The van der Waals surface area contributed by atoms with Crippen LogP contribution in [0, 0.1) is 11.8 Å². The van der Waals surface area contributed by atoms with E-state index in [0.717, 1.165) is 37.0 Å². The van der Waals surface area contributed by atoms with E-state index < -0.39 is 0 Å². The van der Waals surface area contributed by atoms with E-state index >= 15 is 0 Å². The lowest BCUT2D eigenvalue weighted by Crippen LogP contribution is -2.46. The van der Waals surface area contributed by atoms with Crippen molar-refractivity contribution in [2.24, 2.45) is 16.9 Å². The second-order valence-corrected chi connectivity index (χ2v) is 6.24. The van der Waals surface area contributed by atoms with Crippen molar-refractivity contribution in [1.29, 1.82) is 0 Å². The number of fused-ring (bicyclic) bond motifs is 1. The van der Waals surface area contributed by atoms with Crippen molar-refractivity contribution in [3.8, 4) is 11.5 Å². The molecule has 0 unspecified atom stereocenters. The normalized spacial score (nSPS) is 23.5. The molecule has 0 aromatic heterocycles. The third-order valence-electron chi connectivity index (χ3n) is 4.91. The third kappa shape index (κ3) is 2.98. The lowest BCUT2D eigenvalue weighted by Gasteiger charge is -2.38. The molecule has 0 saturated heterocycles. The maximum Gasteiger partial charge on any atom is 0.246 e. The van der Waals surface area contributed by atoms with Crippen LogP contribution in [0.4, 0.5) is 0 Å². The molecule has 1 heterocycles. The van der Waals surface area contributed by atoms with E-state index in [1.54, 1.807) is 14.2 Å². The Morgan fingerprint density at radius 3 is 2.54 bits per heavy atom. The Kier molecular flexibility index (Phi) is 5.04. The molecule has 0 bridgehead atoms. The summed E-state index contributed by atoms with van der Waals surface area (Å²) in [4.78, 5) is 12.6. The number of amides is 1. The minimum Gasteiger partial charge on any atom is -0.493 e. The van der Waals surface area contributed by atoms with Gasteiger partial charge in [0.05, 0.1) is 33.1 Å². The number of carbonyl (C=O) groups excluding carboxylic acids is 1. The Morgan fingerprint density at radius 2 is 1.88 bits per heavy atom. The quantitative estimate of drug-likeness (QED) is 0.896. The van der Waals surface area contributed by atoms with Crippen LogP contribution in [0.3, 0.4) is 0 Å². The van der Waals surface area contributed by atoms with Gasteiger partial charge in [-0.1, -0.05) is 12.8 Å². The summed E-state index contributed by atoms with van der Waals surface area (Å²) in [5, 5.41) is 15.3. The van der Waals surface area contributed by atoms with Crippen LogP contribution >= 0.6 is 0 Å². The van der Waals surface area contributed by atoms with Gasteiger partial charge in [-0.2, -0.15) is 5.10 Å². The van der Waals surface area contributed by atoms with E-state index in [-0.39, 0.29) is 30.9 Å². The molecule has 1 saturated carbocycles. The number of aliphatic hydroxyl groups excluding tert-OH is 1. The molecule has 0 spiro atoms. The summed E-state index contributed by atoms with van der Waals surface area (Å²) in [5.74, 6) is 1.46. The van der Waals surface area contributed by atoms with Crippen LogP contribution in [0.15, 0.2) is 23.3 Å². The van der Waals surface area contributed by atoms with E-state index in [9.17, 15) is 9.90 Å². The van der Waals surface area contributed by atoms with Gasteiger partial charge in [0, 0.05) is 17.4 Å². The van der Waals surface area contributed by atoms with Gasteiger partial charge in [-0.3, -0.25) is 4.79 Å². The predicted octanol–water partition coefficient (Wildman–Crippen LogP) is 2.05. The molecular weight excluding hydrogens is 308 g/mol. The summed E-state index contributed by atoms with van der Waals surface area (Å²) in [6, 6.07) is 5.73. The molecule has 2 aliphatic rings. The van der Waals surface area contributed by atoms with Gasteiger partial charge in [0.1, 0.15) is 0 Å². The number of aliphatic hydroxyl groups is 1. The minimum atomic E-state index is -0.0914. The molecule has 1 aromatic carbocycles. The minimum absolute atomic E-state index is 0.0362. The van der Waals surface area contributed by atoms with Crippen molar-refractivity contribution >= 4 is 11.6 Å². The van der Waals surface area contributed by atoms with Crippen molar-refractivity contribution in [2.45, 2.75) is 25.7 Å². The summed E-state index contributed by atoms with van der Waals surface area (Å²) in [5.41, 5.74) is 1.86. The van der Waals surface area contributed by atoms with E-state index in [1.807, 2.05) is 18.2 Å². The number of hydrogen-bond donors (Lipinski definition) is 1. The smallest absolute Gasteiger partial charge is 0.246 e. The average molecular weight is 332 g/mol. The molecule has 6 nitrogen and oxygen atoms in total. The first-order valence-corrected chi connectivity index (χ1v) is 8.42. The van der Waals surface area contributed by atoms with Gasteiger partial charge in [-0.15, -0.1) is 0 Å². The zero-order valence-electron chi connectivity index (χ0n) is 14.2. The van der Waals surface area contributed by atoms with Crippen molar-refractivity contribution in [1.82, 2.24) is 5.01 Å². The molecule has 2 atom stereocenters. The number of nitrogens with zero attached hydrogens (tertiary/aromatic N) is 2. The van der Waals surface area contributed by atoms with Gasteiger partial charge < -0.3 is 14.6 Å². The highest BCUT2D eigenvalue weighted by molar-refractivity contribution is 6.07. The van der Waals surface area contributed by atoms with Gasteiger partial charge in [0.2, 0.25) is 5.91 Å². The van der Waals surface area contributed by atoms with Gasteiger partial charge in [-0.05, 0) is 31.0 Å². The first-order valence-electron chi connectivity index (χ1n) is 8.42. The summed E-state index contributed by atoms with van der Waals surface area (Å²) >= 11 is 0. The fourth-order valence-electron chi connectivity index (χ4n) is 3.72. The Bertz CT molecular complexity index is 644. The van der Waals surface area contributed by atoms with E-state index in [4.69, 9.17) is 9.47 Å². The zero-order valence-corrected chi connectivity index (χ0v) is 14.2. The molecule has 1 aliphatic heterocycles. The second-order valence-electron chi connectivity index (χ2n) is 6.24. The number of ether oxygens (including phenoxy) is 2. The molecule has 1 fully saturated rings. The Balaban J connectivity index is 2.02. The second kappa shape index (κ2) is 7.21. The standard InChI is InChI=1S/C18H24N2O4/c1-23-15-8-7-12(11-16(15)24-2)17-13-5-3-4-6-14(13)18(22)20(19-17)9-10-21/h7-8,11,13-14,21H,3-6,9-10H2,1-2H3/t13-,14+/m1/s1. The zero-order chi connectivity index (χ0) is 17.1. The van der Waals surface area contributed by atoms with Crippen LogP contribution in [0.1, 0.15) is 31.2 Å². The van der Waals surface area contributed by atoms with Crippen LogP contribution in [-0.2, 0) is 4.79 Å². The Morgan fingerprint density at radius 1 is 1.17 bits per heavy atom. The molecule has 130 valence electrons. The van der Waals surface area contributed by atoms with Crippen molar-refractivity contribution in [3.05, 3.63) is 23.8 Å². The molecule has 1 aromatic rings. The molecule has 24 heavy (non-hydrogen) atoms. The topological polar surface area (TPSA) is 71.4 Å². The highest BCUT2D eigenvalue weighted by Gasteiger charge is 2.41. The highest BCUT2D eigenvalue weighted by Crippen LogP contribution is 2.38. The van der Waals surface area contributed by atoms with Crippen molar-refractivity contribution in [2.75, 3.05) is 27.4 Å². The SMILES string of the molecule is COc1ccc(C2=NN(CCO)C(=O)[C@H]3CCCC[C@@H]23)cc1OC. The van der Waals surface area contributed by atoms with Crippen LogP contribution < -0.4 is 9.47 Å². The highest BCUT2D eigenvalue weighted by atomic mass is 16.5. The summed E-state index contributed by atoms with van der Waals surface area (Å²) in [6.07, 6.45) is 4.04. The van der Waals surface area contributed by atoms with Crippen molar-refractivity contribution in [3.63, 3.8) is 0 Å². The van der Waals surface area contributed by atoms with Gasteiger partial charge in [0.25, 0.3) is 0 Å². The number of hydrazone groups is 1. The molecule has 1 aliphatic carbocycles. The molecule has 3 rings (SSSR count). The first kappa shape index (κ1) is 16.8. The number of β-amino-alcohol motifs (C(OH)–C–C–N with tert-alkyl or cyclic N) is 1. The Labute approximate surface area is 142 Å². The largest absolute Gasteiger partial charge is 0.493 e. The summed E-state index contributed by atoms with van der Waals surface area (Å²) in [7, 11) is 3.21. The third-order valence-corrected chi connectivity index (χ3v) is 4.91. The predicted molar refractivity (Wildman–Crippen MR) is 90.3 cm³/mol. The molecule has 1 N–H and O–H groups in total. The van der Waals surface area contributed by atoms with E-state index in [1.165, 1.54) is 5.01 Å². The van der Waals surface area contributed by atoms with Gasteiger partial charge in [0.15, 0.2) is 11.5 Å². The lowest BCUT2D eigenvalue weighted by molar-refractivity contribution is -0.139. The van der Waals surface area contributed by atoms with Crippen LogP contribution in [-0.4, -0.2) is 49.1 Å². The number of hydrogen-bond acceptors (Lipinski definition) is 5. The number of benzene rings is 1. The van der Waals surface area contributed by atoms with Crippen LogP contribution in [0.25, 0.3) is 0 Å². The summed E-state index contributed by atoms with van der Waals surface area (Å²) in [6.45, 7) is 0.144. The maximum absolute atomic E-state index is 12.6. The lowest BCUT2D eigenvalue weighted by atomic mass is 9.73. The van der Waals surface area contributed by atoms with Gasteiger partial charge in [-0.25, -0.2) is 5.01 Å². The summed E-state index contributed by atoms with van der Waals surface area (Å²) < 4.78 is 10.7. The fourth-order valence-corrected chi connectivity index (χ4v) is 3.72. The molecule has 6 heteroatoms. The van der Waals surface area contributed by atoms with Crippen LogP contribution in [0.2, 0.25) is 0 Å². The number of rotatable bonds is 5. The fraction of sp³-hybridized carbons (Fsp3) is 0.556. The molecular formula is C18H24N2O4. The average Bonchev–Trinajstić information content (AvgIpc) is 2.63.